The molecule has 6 nitrogen and oxygen atoms in total. The van der Waals surface area contributed by atoms with Crippen LogP contribution in [0.2, 0.25) is 0 Å². The SMILES string of the molecule is CN(C)CCCNC(=O)c1ccc(NC(N)=O)c(I)c1. The number of nitrogens with zero attached hydrogens (tertiary/aromatic N) is 1. The van der Waals surface area contributed by atoms with Crippen molar-refractivity contribution in [2.75, 3.05) is 32.5 Å². The lowest BCUT2D eigenvalue weighted by Crippen LogP contribution is -2.27. The summed E-state index contributed by atoms with van der Waals surface area (Å²) in [4.78, 5) is 24.8. The molecule has 4 N–H and O–H groups in total. The molecule has 0 saturated heterocycles. The summed E-state index contributed by atoms with van der Waals surface area (Å²) in [7, 11) is 3.99. The molecule has 110 valence electrons. The Morgan fingerprint density at radius 2 is 2.05 bits per heavy atom. The third kappa shape index (κ3) is 5.74. The van der Waals surface area contributed by atoms with Crippen LogP contribution in [0.5, 0.6) is 0 Å². The van der Waals surface area contributed by atoms with E-state index in [-0.39, 0.29) is 5.91 Å². The van der Waals surface area contributed by atoms with Gasteiger partial charge in [-0.3, -0.25) is 4.79 Å². The number of nitrogens with two attached hydrogens (primary N) is 1. The minimum Gasteiger partial charge on any atom is -0.352 e. The second kappa shape index (κ2) is 8.05. The number of benzene rings is 1. The normalized spacial score (nSPS) is 10.4. The van der Waals surface area contributed by atoms with Crippen molar-refractivity contribution in [1.82, 2.24) is 10.2 Å². The lowest BCUT2D eigenvalue weighted by atomic mass is 10.2. The molecule has 3 amide bonds. The van der Waals surface area contributed by atoms with Gasteiger partial charge < -0.3 is 21.3 Å². The molecule has 0 aliphatic rings. The molecule has 0 aliphatic heterocycles. The molecule has 1 rings (SSSR count). The zero-order chi connectivity index (χ0) is 15.1. The number of halogens is 1. The lowest BCUT2D eigenvalue weighted by Gasteiger charge is -2.11. The number of anilines is 1. The highest BCUT2D eigenvalue weighted by Gasteiger charge is 2.09. The second-order valence-corrected chi connectivity index (χ2v) is 5.76. The van der Waals surface area contributed by atoms with Gasteiger partial charge in [-0.15, -0.1) is 0 Å². The average Bonchev–Trinajstić information content (AvgIpc) is 2.36. The summed E-state index contributed by atoms with van der Waals surface area (Å²) in [5, 5.41) is 5.36. The molecule has 0 heterocycles. The molecular formula is C13H19IN4O2. The van der Waals surface area contributed by atoms with Crippen molar-refractivity contribution in [2.24, 2.45) is 5.73 Å². The van der Waals surface area contributed by atoms with Crippen LogP contribution < -0.4 is 16.4 Å². The molecule has 0 aliphatic carbocycles. The summed E-state index contributed by atoms with van der Waals surface area (Å²) >= 11 is 2.05. The summed E-state index contributed by atoms with van der Waals surface area (Å²) in [6, 6.07) is 4.42. The maximum atomic E-state index is 11.9. The van der Waals surface area contributed by atoms with E-state index in [2.05, 4.69) is 15.5 Å². The van der Waals surface area contributed by atoms with E-state index in [0.29, 0.717) is 17.8 Å². The van der Waals surface area contributed by atoms with Crippen LogP contribution in [0.25, 0.3) is 0 Å². The van der Waals surface area contributed by atoms with Crippen molar-refractivity contribution in [2.45, 2.75) is 6.42 Å². The van der Waals surface area contributed by atoms with Crippen molar-refractivity contribution in [1.29, 1.82) is 0 Å². The quantitative estimate of drug-likeness (QED) is 0.508. The first-order chi connectivity index (χ1) is 9.40. The van der Waals surface area contributed by atoms with Gasteiger partial charge in [0.05, 0.1) is 5.69 Å². The smallest absolute Gasteiger partial charge is 0.316 e. The highest BCUT2D eigenvalue weighted by atomic mass is 127. The van der Waals surface area contributed by atoms with Crippen LogP contribution >= 0.6 is 22.6 Å². The van der Waals surface area contributed by atoms with Gasteiger partial charge in [0, 0.05) is 15.7 Å². The fourth-order valence-electron chi connectivity index (χ4n) is 1.59. The van der Waals surface area contributed by atoms with E-state index in [1.165, 1.54) is 0 Å². The Labute approximate surface area is 132 Å². The first-order valence-electron chi connectivity index (χ1n) is 6.19. The first-order valence-corrected chi connectivity index (χ1v) is 7.27. The zero-order valence-corrected chi connectivity index (χ0v) is 13.7. The molecular weight excluding hydrogens is 371 g/mol. The number of primary amides is 1. The van der Waals surface area contributed by atoms with Gasteiger partial charge in [0.2, 0.25) is 0 Å². The van der Waals surface area contributed by atoms with E-state index >= 15 is 0 Å². The van der Waals surface area contributed by atoms with E-state index in [1.54, 1.807) is 18.2 Å². The van der Waals surface area contributed by atoms with E-state index in [4.69, 9.17) is 5.73 Å². The Kier molecular flexibility index (Phi) is 6.73. The molecule has 0 atom stereocenters. The zero-order valence-electron chi connectivity index (χ0n) is 11.6. The summed E-state index contributed by atoms with van der Waals surface area (Å²) in [5.41, 5.74) is 6.22. The second-order valence-electron chi connectivity index (χ2n) is 4.60. The number of carbonyl (C=O) groups is 2. The number of hydrogen-bond acceptors (Lipinski definition) is 3. The minimum atomic E-state index is -0.621. The van der Waals surface area contributed by atoms with Crippen molar-refractivity contribution in [3.05, 3.63) is 27.3 Å². The molecule has 1 aromatic carbocycles. The number of hydrogen-bond donors (Lipinski definition) is 3. The largest absolute Gasteiger partial charge is 0.352 e. The van der Waals surface area contributed by atoms with Gasteiger partial charge in [-0.25, -0.2) is 4.79 Å². The van der Waals surface area contributed by atoms with E-state index in [1.807, 2.05) is 36.7 Å². The number of amides is 3. The molecule has 20 heavy (non-hydrogen) atoms. The van der Waals surface area contributed by atoms with Crippen molar-refractivity contribution in [3.8, 4) is 0 Å². The fraction of sp³-hybridized carbons (Fsp3) is 0.385. The lowest BCUT2D eigenvalue weighted by molar-refractivity contribution is 0.0952. The topological polar surface area (TPSA) is 87.5 Å². The Bertz CT molecular complexity index is 491. The standard InChI is InChI=1S/C13H19IN4O2/c1-18(2)7-3-6-16-12(19)9-4-5-11(10(14)8-9)17-13(15)20/h4-5,8H,3,6-7H2,1-2H3,(H,16,19)(H3,15,17,20). The van der Waals surface area contributed by atoms with Gasteiger partial charge in [0.15, 0.2) is 0 Å². The van der Waals surface area contributed by atoms with Crippen molar-refractivity contribution < 1.29 is 9.59 Å². The fourth-order valence-corrected chi connectivity index (χ4v) is 2.24. The summed E-state index contributed by atoms with van der Waals surface area (Å²) in [6.45, 7) is 1.56. The molecule has 0 aromatic heterocycles. The Balaban J connectivity index is 2.56. The van der Waals surface area contributed by atoms with E-state index in [9.17, 15) is 9.59 Å². The number of nitrogens with one attached hydrogen (secondary N) is 2. The third-order valence-corrected chi connectivity index (χ3v) is 3.45. The van der Waals surface area contributed by atoms with E-state index < -0.39 is 6.03 Å². The molecule has 0 bridgehead atoms. The van der Waals surface area contributed by atoms with Crippen LogP contribution in [0.15, 0.2) is 18.2 Å². The number of rotatable bonds is 6. The van der Waals surface area contributed by atoms with Crippen LogP contribution in [0, 0.1) is 3.57 Å². The number of urea groups is 1. The summed E-state index contributed by atoms with van der Waals surface area (Å²) in [6.07, 6.45) is 0.900. The monoisotopic (exact) mass is 390 g/mol. The first kappa shape index (κ1) is 16.7. The number of carbonyl (C=O) groups excluding carboxylic acids is 2. The van der Waals surface area contributed by atoms with Crippen LogP contribution in [0.1, 0.15) is 16.8 Å². The summed E-state index contributed by atoms with van der Waals surface area (Å²) < 4.78 is 0.766. The Morgan fingerprint density at radius 3 is 2.60 bits per heavy atom. The van der Waals surface area contributed by atoms with Crippen LogP contribution in [-0.4, -0.2) is 44.0 Å². The third-order valence-electron chi connectivity index (χ3n) is 2.56. The predicted molar refractivity (Wildman–Crippen MR) is 87.9 cm³/mol. The highest BCUT2D eigenvalue weighted by molar-refractivity contribution is 14.1. The maximum Gasteiger partial charge on any atom is 0.316 e. The van der Waals surface area contributed by atoms with Crippen LogP contribution in [0.4, 0.5) is 10.5 Å². The Morgan fingerprint density at radius 1 is 1.35 bits per heavy atom. The molecule has 1 aromatic rings. The van der Waals surface area contributed by atoms with Gasteiger partial charge in [-0.2, -0.15) is 0 Å². The molecule has 0 radical (unpaired) electrons. The molecule has 0 saturated carbocycles. The van der Waals surface area contributed by atoms with Gasteiger partial charge in [0.25, 0.3) is 5.91 Å². The minimum absolute atomic E-state index is 0.118. The molecule has 7 heteroatoms. The van der Waals surface area contributed by atoms with Crippen molar-refractivity contribution in [3.63, 3.8) is 0 Å². The van der Waals surface area contributed by atoms with Gasteiger partial charge in [0.1, 0.15) is 0 Å². The van der Waals surface area contributed by atoms with Crippen LogP contribution in [-0.2, 0) is 0 Å². The summed E-state index contributed by atoms with van der Waals surface area (Å²) in [5.74, 6) is -0.118. The Hall–Kier alpha value is -1.35. The molecule has 0 fully saturated rings. The van der Waals surface area contributed by atoms with Gasteiger partial charge >= 0.3 is 6.03 Å². The predicted octanol–water partition coefficient (Wildman–Crippen LogP) is 1.46. The van der Waals surface area contributed by atoms with Gasteiger partial charge in [-0.05, 0) is 67.9 Å². The van der Waals surface area contributed by atoms with E-state index in [0.717, 1.165) is 16.5 Å². The maximum absolute atomic E-state index is 11.9. The average molecular weight is 390 g/mol. The molecule has 0 spiro atoms. The van der Waals surface area contributed by atoms with Crippen LogP contribution in [0.3, 0.4) is 0 Å². The highest BCUT2D eigenvalue weighted by Crippen LogP contribution is 2.19. The molecule has 0 unspecified atom stereocenters. The van der Waals surface area contributed by atoms with Crippen molar-refractivity contribution >= 4 is 40.2 Å². The van der Waals surface area contributed by atoms with Gasteiger partial charge in [-0.1, -0.05) is 0 Å².